The van der Waals surface area contributed by atoms with Gasteiger partial charge in [-0.05, 0) is 23.6 Å². The number of nitro benzene ring substituents is 2. The van der Waals surface area contributed by atoms with Crippen LogP contribution in [0.1, 0.15) is 0 Å². The molecule has 0 saturated carbocycles. The van der Waals surface area contributed by atoms with Crippen molar-refractivity contribution in [3.63, 3.8) is 0 Å². The standard InChI is InChI=1S/C13H7N3O4S2/c17-15(18)9-1-2-11(10(6-9)16(19)20)21-13-5-8-3-4-14-7-12(8)22-13/h1-7H. The quantitative estimate of drug-likeness (QED) is 0.522. The van der Waals surface area contributed by atoms with Gasteiger partial charge in [-0.1, -0.05) is 11.8 Å². The van der Waals surface area contributed by atoms with Gasteiger partial charge in [0.25, 0.3) is 11.4 Å². The van der Waals surface area contributed by atoms with E-state index in [4.69, 9.17) is 0 Å². The predicted octanol–water partition coefficient (Wildman–Crippen LogP) is 4.26. The summed E-state index contributed by atoms with van der Waals surface area (Å²) >= 11 is 2.68. The molecule has 9 heteroatoms. The third-order valence-electron chi connectivity index (χ3n) is 2.86. The van der Waals surface area contributed by atoms with Crippen LogP contribution in [-0.4, -0.2) is 14.8 Å². The van der Waals surface area contributed by atoms with Crippen molar-refractivity contribution in [1.82, 2.24) is 4.98 Å². The smallest absolute Gasteiger partial charge is 0.263 e. The van der Waals surface area contributed by atoms with Crippen LogP contribution in [0.4, 0.5) is 11.4 Å². The summed E-state index contributed by atoms with van der Waals surface area (Å²) in [7, 11) is 0. The molecule has 0 amide bonds. The van der Waals surface area contributed by atoms with Gasteiger partial charge >= 0.3 is 0 Å². The molecule has 22 heavy (non-hydrogen) atoms. The summed E-state index contributed by atoms with van der Waals surface area (Å²) in [5.74, 6) is 0. The molecule has 0 fully saturated rings. The van der Waals surface area contributed by atoms with E-state index in [1.807, 2.05) is 12.1 Å². The molecule has 2 heterocycles. The Morgan fingerprint density at radius 2 is 1.91 bits per heavy atom. The molecule has 0 N–H and O–H groups in total. The van der Waals surface area contributed by atoms with Crippen LogP contribution >= 0.6 is 23.1 Å². The minimum atomic E-state index is -0.646. The summed E-state index contributed by atoms with van der Waals surface area (Å²) in [4.78, 5) is 25.0. The molecule has 0 aliphatic carbocycles. The molecule has 0 bridgehead atoms. The number of pyridine rings is 1. The van der Waals surface area contributed by atoms with Gasteiger partial charge in [0.15, 0.2) is 0 Å². The van der Waals surface area contributed by atoms with Crippen molar-refractivity contribution in [3.8, 4) is 0 Å². The van der Waals surface area contributed by atoms with Crippen LogP contribution in [0.2, 0.25) is 0 Å². The van der Waals surface area contributed by atoms with E-state index in [2.05, 4.69) is 4.98 Å². The zero-order valence-electron chi connectivity index (χ0n) is 10.8. The van der Waals surface area contributed by atoms with Crippen LogP contribution in [0, 0.1) is 20.2 Å². The number of benzene rings is 1. The molecule has 110 valence electrons. The number of fused-ring (bicyclic) bond motifs is 1. The zero-order chi connectivity index (χ0) is 15.7. The lowest BCUT2D eigenvalue weighted by molar-refractivity contribution is -0.396. The topological polar surface area (TPSA) is 99.2 Å². The summed E-state index contributed by atoms with van der Waals surface area (Å²) in [6.07, 6.45) is 3.41. The fraction of sp³-hybridized carbons (Fsp3) is 0. The second-order valence-corrected chi connectivity index (χ2v) is 6.67. The highest BCUT2D eigenvalue weighted by Crippen LogP contribution is 2.41. The molecule has 0 radical (unpaired) electrons. The SMILES string of the molecule is O=[N+]([O-])c1ccc(Sc2cc3ccncc3s2)c([N+](=O)[O-])c1. The summed E-state index contributed by atoms with van der Waals surface area (Å²) < 4.78 is 1.84. The third-order valence-corrected chi connectivity index (χ3v) is 5.13. The minimum absolute atomic E-state index is 0.269. The Morgan fingerprint density at radius 1 is 1.09 bits per heavy atom. The molecule has 3 aromatic rings. The number of hydrogen-bond acceptors (Lipinski definition) is 7. The Balaban J connectivity index is 2.00. The first-order valence-electron chi connectivity index (χ1n) is 5.99. The van der Waals surface area contributed by atoms with E-state index in [-0.39, 0.29) is 11.4 Å². The van der Waals surface area contributed by atoms with Gasteiger partial charge in [0.05, 0.1) is 29.7 Å². The molecule has 0 unspecified atom stereocenters. The van der Waals surface area contributed by atoms with Gasteiger partial charge in [0.2, 0.25) is 0 Å². The van der Waals surface area contributed by atoms with Gasteiger partial charge < -0.3 is 0 Å². The van der Waals surface area contributed by atoms with Gasteiger partial charge in [-0.2, -0.15) is 0 Å². The van der Waals surface area contributed by atoms with Crippen molar-refractivity contribution < 1.29 is 9.85 Å². The van der Waals surface area contributed by atoms with Crippen LogP contribution in [0.15, 0.2) is 51.8 Å². The second kappa shape index (κ2) is 5.70. The van der Waals surface area contributed by atoms with Gasteiger partial charge in [0, 0.05) is 18.5 Å². The van der Waals surface area contributed by atoms with E-state index < -0.39 is 9.85 Å². The van der Waals surface area contributed by atoms with E-state index in [0.717, 1.165) is 20.4 Å². The Labute approximate surface area is 131 Å². The second-order valence-electron chi connectivity index (χ2n) is 4.25. The molecule has 2 aromatic heterocycles. The fourth-order valence-corrected chi connectivity index (χ4v) is 4.11. The zero-order valence-corrected chi connectivity index (χ0v) is 12.5. The van der Waals surface area contributed by atoms with Crippen LogP contribution in [-0.2, 0) is 0 Å². The lowest BCUT2D eigenvalue weighted by Crippen LogP contribution is -1.94. The Bertz CT molecular complexity index is 861. The van der Waals surface area contributed by atoms with Crippen molar-refractivity contribution in [2.75, 3.05) is 0 Å². The van der Waals surface area contributed by atoms with E-state index in [1.54, 1.807) is 12.4 Å². The number of rotatable bonds is 4. The maximum absolute atomic E-state index is 11.1. The molecule has 0 aliphatic heterocycles. The van der Waals surface area contributed by atoms with Crippen molar-refractivity contribution in [3.05, 3.63) is 63.0 Å². The number of thiophene rings is 1. The van der Waals surface area contributed by atoms with Crippen LogP contribution in [0.25, 0.3) is 10.1 Å². The van der Waals surface area contributed by atoms with Crippen molar-refractivity contribution in [1.29, 1.82) is 0 Å². The average Bonchev–Trinajstić information content (AvgIpc) is 2.89. The molecule has 0 saturated heterocycles. The first-order valence-corrected chi connectivity index (χ1v) is 7.62. The summed E-state index contributed by atoms with van der Waals surface area (Å²) in [5.41, 5.74) is -0.564. The summed E-state index contributed by atoms with van der Waals surface area (Å²) in [6.45, 7) is 0. The molecule has 0 aliphatic rings. The molecule has 0 spiro atoms. The normalized spacial score (nSPS) is 10.7. The highest BCUT2D eigenvalue weighted by atomic mass is 32.2. The maximum atomic E-state index is 11.1. The van der Waals surface area contributed by atoms with Crippen molar-refractivity contribution in [2.45, 2.75) is 9.10 Å². The van der Waals surface area contributed by atoms with Crippen molar-refractivity contribution in [2.24, 2.45) is 0 Å². The first kappa shape index (κ1) is 14.4. The van der Waals surface area contributed by atoms with E-state index in [1.165, 1.54) is 35.2 Å². The molecular weight excluding hydrogens is 326 g/mol. The minimum Gasteiger partial charge on any atom is -0.263 e. The molecular formula is C13H7N3O4S2. The van der Waals surface area contributed by atoms with Gasteiger partial charge in [0.1, 0.15) is 0 Å². The number of nitro groups is 2. The van der Waals surface area contributed by atoms with Gasteiger partial charge in [-0.25, -0.2) is 0 Å². The molecule has 3 rings (SSSR count). The summed E-state index contributed by atoms with van der Waals surface area (Å²) in [5, 5.41) is 22.9. The summed E-state index contributed by atoms with van der Waals surface area (Å²) in [6, 6.07) is 7.43. The number of aromatic nitrogens is 1. The largest absolute Gasteiger partial charge is 0.290 e. The van der Waals surface area contributed by atoms with Crippen LogP contribution in [0.3, 0.4) is 0 Å². The maximum Gasteiger partial charge on any atom is 0.290 e. The number of non-ortho nitro benzene ring substituents is 1. The monoisotopic (exact) mass is 333 g/mol. The van der Waals surface area contributed by atoms with E-state index in [0.29, 0.717) is 4.90 Å². The lowest BCUT2D eigenvalue weighted by Gasteiger charge is -2.00. The highest BCUT2D eigenvalue weighted by molar-refractivity contribution is 8.01. The highest BCUT2D eigenvalue weighted by Gasteiger charge is 2.20. The van der Waals surface area contributed by atoms with Gasteiger partial charge in [-0.3, -0.25) is 25.2 Å². The van der Waals surface area contributed by atoms with Gasteiger partial charge in [-0.15, -0.1) is 11.3 Å². The van der Waals surface area contributed by atoms with E-state index >= 15 is 0 Å². The molecule has 7 nitrogen and oxygen atoms in total. The van der Waals surface area contributed by atoms with Crippen molar-refractivity contribution >= 4 is 44.6 Å². The number of nitrogens with zero attached hydrogens (tertiary/aromatic N) is 3. The fourth-order valence-electron chi connectivity index (χ4n) is 1.87. The lowest BCUT2D eigenvalue weighted by atomic mass is 10.3. The van der Waals surface area contributed by atoms with E-state index in [9.17, 15) is 20.2 Å². The Kier molecular flexibility index (Phi) is 3.73. The Morgan fingerprint density at radius 3 is 2.59 bits per heavy atom. The van der Waals surface area contributed by atoms with Crippen LogP contribution < -0.4 is 0 Å². The third kappa shape index (κ3) is 2.76. The molecule has 0 atom stereocenters. The Hall–Kier alpha value is -2.52. The average molecular weight is 333 g/mol. The first-order chi connectivity index (χ1) is 10.5. The predicted molar refractivity (Wildman–Crippen MR) is 83.5 cm³/mol. The molecule has 1 aromatic carbocycles. The van der Waals surface area contributed by atoms with Crippen LogP contribution in [0.5, 0.6) is 0 Å². The number of hydrogen-bond donors (Lipinski definition) is 0.